The van der Waals surface area contributed by atoms with Crippen molar-refractivity contribution in [3.05, 3.63) is 59.1 Å². The first-order chi connectivity index (χ1) is 14.6. The molecule has 0 spiro atoms. The van der Waals surface area contributed by atoms with Gasteiger partial charge in [0.15, 0.2) is 0 Å². The van der Waals surface area contributed by atoms with Gasteiger partial charge >= 0.3 is 5.97 Å². The molecule has 0 aliphatic carbocycles. The molecule has 1 unspecified atom stereocenters. The van der Waals surface area contributed by atoms with Gasteiger partial charge in [-0.2, -0.15) is 4.72 Å². The number of hydrogen-bond acceptors (Lipinski definition) is 5. The van der Waals surface area contributed by atoms with Gasteiger partial charge in [-0.3, -0.25) is 9.59 Å². The third-order valence-corrected chi connectivity index (χ3v) is 6.06. The van der Waals surface area contributed by atoms with Gasteiger partial charge in [-0.25, -0.2) is 8.42 Å². The number of benzene rings is 2. The van der Waals surface area contributed by atoms with Crippen LogP contribution in [-0.2, 0) is 30.8 Å². The van der Waals surface area contributed by atoms with Gasteiger partial charge in [0.05, 0.1) is 17.9 Å². The number of sulfonamides is 1. The van der Waals surface area contributed by atoms with Crippen LogP contribution in [0.2, 0.25) is 5.02 Å². The Hall–Kier alpha value is -2.42. The van der Waals surface area contributed by atoms with Crippen molar-refractivity contribution in [2.45, 2.75) is 44.6 Å². The van der Waals surface area contributed by atoms with E-state index in [4.69, 9.17) is 16.3 Å². The van der Waals surface area contributed by atoms with E-state index in [-0.39, 0.29) is 23.2 Å². The van der Waals surface area contributed by atoms with E-state index in [1.54, 1.807) is 31.2 Å². The molecule has 2 rings (SSSR count). The van der Waals surface area contributed by atoms with Crippen LogP contribution in [0.5, 0.6) is 0 Å². The number of ether oxygens (including phenoxy) is 1. The minimum absolute atomic E-state index is 0.0294. The van der Waals surface area contributed by atoms with Gasteiger partial charge in [-0.05, 0) is 61.2 Å². The van der Waals surface area contributed by atoms with E-state index in [2.05, 4.69) is 10.0 Å². The first kappa shape index (κ1) is 24.8. The zero-order valence-corrected chi connectivity index (χ0v) is 19.3. The summed E-state index contributed by atoms with van der Waals surface area (Å²) in [5, 5.41) is 3.15. The molecule has 1 atom stereocenters. The summed E-state index contributed by atoms with van der Waals surface area (Å²) >= 11 is 5.83. The predicted octanol–water partition coefficient (Wildman–Crippen LogP) is 3.78. The number of carbonyl (C=O) groups excluding carboxylic acids is 2. The van der Waals surface area contributed by atoms with Crippen LogP contribution in [0.4, 0.5) is 5.69 Å². The Labute approximate surface area is 188 Å². The maximum atomic E-state index is 12.8. The standard InChI is InChI=1S/C22H27ClN2O5S/c1-4-30-21(26)14-16-5-9-18(10-6-16)24-22(27)20(13-15(2)3)25-31(28,29)19-11-7-17(23)8-12-19/h5-12,15,20,25H,4,13-14H2,1-3H3,(H,24,27). The minimum Gasteiger partial charge on any atom is -0.466 e. The predicted molar refractivity (Wildman–Crippen MR) is 120 cm³/mol. The third-order valence-electron chi connectivity index (χ3n) is 4.32. The van der Waals surface area contributed by atoms with Gasteiger partial charge in [0.1, 0.15) is 6.04 Å². The van der Waals surface area contributed by atoms with Crippen LogP contribution < -0.4 is 10.0 Å². The van der Waals surface area contributed by atoms with Crippen molar-refractivity contribution in [3.63, 3.8) is 0 Å². The molecule has 168 valence electrons. The van der Waals surface area contributed by atoms with Gasteiger partial charge in [0.25, 0.3) is 0 Å². The molecule has 0 aliphatic heterocycles. The van der Waals surface area contributed by atoms with Crippen LogP contribution in [0.15, 0.2) is 53.4 Å². The summed E-state index contributed by atoms with van der Waals surface area (Å²) < 4.78 is 32.8. The minimum atomic E-state index is -3.91. The Morgan fingerprint density at radius 2 is 1.65 bits per heavy atom. The van der Waals surface area contributed by atoms with Crippen molar-refractivity contribution in [2.24, 2.45) is 5.92 Å². The summed E-state index contributed by atoms with van der Waals surface area (Å²) in [6.07, 6.45) is 0.457. The van der Waals surface area contributed by atoms with Crippen LogP contribution in [0.1, 0.15) is 32.8 Å². The molecule has 0 aromatic heterocycles. The molecule has 9 heteroatoms. The van der Waals surface area contributed by atoms with Crippen molar-refractivity contribution >= 4 is 39.2 Å². The van der Waals surface area contributed by atoms with Gasteiger partial charge < -0.3 is 10.1 Å². The number of halogens is 1. The third kappa shape index (κ3) is 7.97. The SMILES string of the molecule is CCOC(=O)Cc1ccc(NC(=O)C(CC(C)C)NS(=O)(=O)c2ccc(Cl)cc2)cc1. The van der Waals surface area contributed by atoms with Crippen LogP contribution in [0.3, 0.4) is 0 Å². The van der Waals surface area contributed by atoms with E-state index in [0.717, 1.165) is 5.56 Å². The zero-order chi connectivity index (χ0) is 23.0. The van der Waals surface area contributed by atoms with E-state index in [9.17, 15) is 18.0 Å². The van der Waals surface area contributed by atoms with E-state index in [1.165, 1.54) is 24.3 Å². The lowest BCUT2D eigenvalue weighted by Gasteiger charge is -2.20. The number of rotatable bonds is 10. The van der Waals surface area contributed by atoms with E-state index in [0.29, 0.717) is 23.7 Å². The first-order valence-electron chi connectivity index (χ1n) is 9.94. The molecule has 0 saturated heterocycles. The number of esters is 1. The molecule has 2 aromatic carbocycles. The molecule has 7 nitrogen and oxygen atoms in total. The Kier molecular flexibility index (Phi) is 9.03. The molecular weight excluding hydrogens is 440 g/mol. The molecule has 2 aromatic rings. The number of nitrogens with one attached hydrogen (secondary N) is 2. The molecular formula is C22H27ClN2O5S. The fourth-order valence-electron chi connectivity index (χ4n) is 2.86. The molecule has 0 radical (unpaired) electrons. The van der Waals surface area contributed by atoms with Crippen LogP contribution >= 0.6 is 11.6 Å². The summed E-state index contributed by atoms with van der Waals surface area (Å²) in [7, 11) is -3.91. The van der Waals surface area contributed by atoms with E-state index in [1.807, 2.05) is 13.8 Å². The van der Waals surface area contributed by atoms with E-state index < -0.39 is 22.0 Å². The van der Waals surface area contributed by atoms with Crippen LogP contribution in [0.25, 0.3) is 0 Å². The first-order valence-corrected chi connectivity index (χ1v) is 11.8. The van der Waals surface area contributed by atoms with Gasteiger partial charge in [-0.15, -0.1) is 0 Å². The molecule has 0 aliphatic rings. The monoisotopic (exact) mass is 466 g/mol. The molecule has 0 heterocycles. The molecule has 0 bridgehead atoms. The Bertz CT molecular complexity index is 990. The number of anilines is 1. The quantitative estimate of drug-likeness (QED) is 0.519. The Balaban J connectivity index is 2.10. The fraction of sp³-hybridized carbons (Fsp3) is 0.364. The lowest BCUT2D eigenvalue weighted by Crippen LogP contribution is -2.44. The van der Waals surface area contributed by atoms with Crippen molar-refractivity contribution in [1.29, 1.82) is 0 Å². The maximum absolute atomic E-state index is 12.8. The number of amides is 1. The highest BCUT2D eigenvalue weighted by Gasteiger charge is 2.26. The largest absolute Gasteiger partial charge is 0.466 e. The smallest absolute Gasteiger partial charge is 0.310 e. The molecule has 2 N–H and O–H groups in total. The Morgan fingerprint density at radius 1 is 1.03 bits per heavy atom. The van der Waals surface area contributed by atoms with Gasteiger partial charge in [0, 0.05) is 10.7 Å². The topological polar surface area (TPSA) is 102 Å². The highest BCUT2D eigenvalue weighted by atomic mass is 35.5. The normalized spacial score (nSPS) is 12.4. The molecule has 31 heavy (non-hydrogen) atoms. The lowest BCUT2D eigenvalue weighted by atomic mass is 10.0. The second kappa shape index (κ2) is 11.3. The lowest BCUT2D eigenvalue weighted by molar-refractivity contribution is -0.142. The number of carbonyl (C=O) groups is 2. The summed E-state index contributed by atoms with van der Waals surface area (Å²) in [5.41, 5.74) is 1.25. The van der Waals surface area contributed by atoms with Crippen molar-refractivity contribution in [1.82, 2.24) is 4.72 Å². The highest BCUT2D eigenvalue weighted by Crippen LogP contribution is 2.17. The summed E-state index contributed by atoms with van der Waals surface area (Å²) in [4.78, 5) is 24.4. The van der Waals surface area contributed by atoms with Crippen molar-refractivity contribution in [3.8, 4) is 0 Å². The molecule has 1 amide bonds. The van der Waals surface area contributed by atoms with Crippen LogP contribution in [0, 0.1) is 5.92 Å². The second-order valence-electron chi connectivity index (χ2n) is 7.43. The highest BCUT2D eigenvalue weighted by molar-refractivity contribution is 7.89. The van der Waals surface area contributed by atoms with Crippen molar-refractivity contribution in [2.75, 3.05) is 11.9 Å². The summed E-state index contributed by atoms with van der Waals surface area (Å²) in [5.74, 6) is -0.715. The summed E-state index contributed by atoms with van der Waals surface area (Å²) in [6, 6.07) is 11.5. The maximum Gasteiger partial charge on any atom is 0.310 e. The molecule has 0 saturated carbocycles. The van der Waals surface area contributed by atoms with E-state index >= 15 is 0 Å². The van der Waals surface area contributed by atoms with Crippen molar-refractivity contribution < 1.29 is 22.7 Å². The Morgan fingerprint density at radius 3 is 2.19 bits per heavy atom. The average Bonchev–Trinajstić information content (AvgIpc) is 2.69. The number of hydrogen-bond donors (Lipinski definition) is 2. The second-order valence-corrected chi connectivity index (χ2v) is 9.58. The molecule has 0 fully saturated rings. The zero-order valence-electron chi connectivity index (χ0n) is 17.7. The van der Waals surface area contributed by atoms with Gasteiger partial charge in [-0.1, -0.05) is 37.6 Å². The van der Waals surface area contributed by atoms with Gasteiger partial charge in [0.2, 0.25) is 15.9 Å². The fourth-order valence-corrected chi connectivity index (χ4v) is 4.20. The van der Waals surface area contributed by atoms with Crippen LogP contribution in [-0.4, -0.2) is 32.9 Å². The average molecular weight is 467 g/mol. The summed E-state index contributed by atoms with van der Waals surface area (Å²) in [6.45, 7) is 5.86.